The molecular formula is C17H19N3O2S. The number of hydrogen-bond donors (Lipinski definition) is 1. The van der Waals surface area contributed by atoms with Gasteiger partial charge in [0.1, 0.15) is 5.00 Å². The number of carbonyl (C=O) groups is 1. The first kappa shape index (κ1) is 14.6. The number of amides is 1. The fraction of sp³-hybridized carbons (Fsp3) is 0.471. The quantitative estimate of drug-likeness (QED) is 0.923. The Morgan fingerprint density at radius 3 is 2.91 bits per heavy atom. The number of hydrogen-bond acceptors (Lipinski definition) is 5. The maximum absolute atomic E-state index is 12.5. The minimum absolute atomic E-state index is 0.0158. The van der Waals surface area contributed by atoms with Crippen molar-refractivity contribution in [3.63, 3.8) is 0 Å². The van der Waals surface area contributed by atoms with Gasteiger partial charge < -0.3 is 9.84 Å². The number of allylic oxidation sites excluding steroid dienone is 1. The highest BCUT2D eigenvalue weighted by molar-refractivity contribution is 7.17. The van der Waals surface area contributed by atoms with Crippen molar-refractivity contribution in [1.82, 2.24) is 10.1 Å². The minimum atomic E-state index is 0.0158. The lowest BCUT2D eigenvalue weighted by atomic mass is 9.99. The molecule has 2 aliphatic carbocycles. The van der Waals surface area contributed by atoms with Gasteiger partial charge in [-0.25, -0.2) is 0 Å². The molecule has 2 aliphatic rings. The summed E-state index contributed by atoms with van der Waals surface area (Å²) in [6, 6.07) is 0. The first-order valence-electron chi connectivity index (χ1n) is 8.18. The molecule has 0 unspecified atom stereocenters. The second-order valence-corrected chi connectivity index (χ2v) is 7.24. The Kier molecular flexibility index (Phi) is 3.77. The van der Waals surface area contributed by atoms with Crippen molar-refractivity contribution in [2.75, 3.05) is 5.32 Å². The van der Waals surface area contributed by atoms with Crippen LogP contribution in [0.15, 0.2) is 16.2 Å². The van der Waals surface area contributed by atoms with Crippen molar-refractivity contribution >= 4 is 22.2 Å². The van der Waals surface area contributed by atoms with Crippen LogP contribution >= 0.6 is 11.3 Å². The summed E-state index contributed by atoms with van der Waals surface area (Å²) in [7, 11) is 0. The monoisotopic (exact) mass is 329 g/mol. The summed E-state index contributed by atoms with van der Waals surface area (Å²) in [6.07, 6.45) is 9.44. The fourth-order valence-electron chi connectivity index (χ4n) is 3.34. The van der Waals surface area contributed by atoms with E-state index in [4.69, 9.17) is 4.52 Å². The average Bonchev–Trinajstić information content (AvgIpc) is 3.24. The average molecular weight is 329 g/mol. The lowest BCUT2D eigenvalue weighted by Crippen LogP contribution is -2.15. The van der Waals surface area contributed by atoms with Gasteiger partial charge in [0.15, 0.2) is 5.82 Å². The molecule has 23 heavy (non-hydrogen) atoms. The van der Waals surface area contributed by atoms with Crippen molar-refractivity contribution in [3.05, 3.63) is 27.9 Å². The van der Waals surface area contributed by atoms with Crippen LogP contribution in [0.2, 0.25) is 0 Å². The third-order valence-corrected chi connectivity index (χ3v) is 5.68. The Morgan fingerprint density at radius 2 is 2.17 bits per heavy atom. The van der Waals surface area contributed by atoms with Gasteiger partial charge in [-0.2, -0.15) is 4.98 Å². The number of fused-ring (bicyclic) bond motifs is 1. The van der Waals surface area contributed by atoms with Crippen LogP contribution in [0.5, 0.6) is 0 Å². The lowest BCUT2D eigenvalue weighted by molar-refractivity contribution is -0.113. The Hall–Kier alpha value is -1.95. The molecule has 0 saturated carbocycles. The van der Waals surface area contributed by atoms with E-state index in [1.54, 1.807) is 11.3 Å². The number of nitrogens with one attached hydrogen (secondary N) is 1. The number of carbonyl (C=O) groups excluding carboxylic acids is 1. The zero-order valence-electron chi connectivity index (χ0n) is 13.1. The summed E-state index contributed by atoms with van der Waals surface area (Å²) in [5.41, 5.74) is 3.11. The van der Waals surface area contributed by atoms with E-state index in [1.165, 1.54) is 16.9 Å². The second-order valence-electron chi connectivity index (χ2n) is 6.14. The third kappa shape index (κ3) is 2.72. The van der Waals surface area contributed by atoms with Crippen LogP contribution in [0.1, 0.15) is 48.4 Å². The van der Waals surface area contributed by atoms with E-state index in [2.05, 4.69) is 21.5 Å². The van der Waals surface area contributed by atoms with Crippen LogP contribution in [-0.2, 0) is 17.6 Å². The molecule has 0 aromatic carbocycles. The highest BCUT2D eigenvalue weighted by atomic mass is 32.1. The molecule has 0 saturated heterocycles. The lowest BCUT2D eigenvalue weighted by Gasteiger charge is -2.12. The highest BCUT2D eigenvalue weighted by Gasteiger charge is 2.28. The van der Waals surface area contributed by atoms with Crippen LogP contribution in [0.4, 0.5) is 5.00 Å². The number of rotatable bonds is 3. The van der Waals surface area contributed by atoms with E-state index in [0.717, 1.165) is 54.7 Å². The molecule has 0 bridgehead atoms. The summed E-state index contributed by atoms with van der Waals surface area (Å²) in [6.45, 7) is 1.81. The van der Waals surface area contributed by atoms with E-state index < -0.39 is 0 Å². The third-order valence-electron chi connectivity index (χ3n) is 4.47. The molecular weight excluding hydrogens is 310 g/mol. The summed E-state index contributed by atoms with van der Waals surface area (Å²) < 4.78 is 5.38. The molecule has 0 fully saturated rings. The van der Waals surface area contributed by atoms with Crippen molar-refractivity contribution in [3.8, 4) is 11.5 Å². The van der Waals surface area contributed by atoms with Crippen molar-refractivity contribution in [2.45, 2.75) is 51.9 Å². The highest BCUT2D eigenvalue weighted by Crippen LogP contribution is 2.44. The van der Waals surface area contributed by atoms with Gasteiger partial charge >= 0.3 is 0 Å². The molecule has 6 heteroatoms. The van der Waals surface area contributed by atoms with E-state index in [-0.39, 0.29) is 5.91 Å². The molecule has 2 aromatic rings. The van der Waals surface area contributed by atoms with Gasteiger partial charge in [0.2, 0.25) is 0 Å². The first-order valence-corrected chi connectivity index (χ1v) is 8.99. The van der Waals surface area contributed by atoms with Gasteiger partial charge in [-0.05, 0) is 57.4 Å². The molecule has 5 nitrogen and oxygen atoms in total. The van der Waals surface area contributed by atoms with Crippen LogP contribution in [0.25, 0.3) is 11.5 Å². The fourth-order valence-corrected chi connectivity index (χ4v) is 4.62. The smallest absolute Gasteiger partial charge is 0.261 e. The van der Waals surface area contributed by atoms with Crippen LogP contribution in [0.3, 0.4) is 0 Å². The maximum atomic E-state index is 12.5. The number of thiophene rings is 1. The Labute approximate surface area is 138 Å². The molecule has 1 amide bonds. The topological polar surface area (TPSA) is 68.0 Å². The molecule has 0 aliphatic heterocycles. The van der Waals surface area contributed by atoms with E-state index in [0.29, 0.717) is 11.7 Å². The SMILES string of the molecule is Cc1noc(-c2c(NC(=O)C3=CCCCC3)sc3c2CCC3)n1. The van der Waals surface area contributed by atoms with Crippen LogP contribution < -0.4 is 5.32 Å². The number of nitrogens with zero attached hydrogens (tertiary/aromatic N) is 2. The van der Waals surface area contributed by atoms with Gasteiger partial charge in [-0.15, -0.1) is 11.3 Å². The van der Waals surface area contributed by atoms with Crippen molar-refractivity contribution < 1.29 is 9.32 Å². The molecule has 0 spiro atoms. The van der Waals surface area contributed by atoms with Gasteiger partial charge in [-0.1, -0.05) is 11.2 Å². The minimum Gasteiger partial charge on any atom is -0.334 e. The van der Waals surface area contributed by atoms with E-state index in [1.807, 2.05) is 6.92 Å². The normalized spacial score (nSPS) is 17.0. The molecule has 1 N–H and O–H groups in total. The maximum Gasteiger partial charge on any atom is 0.261 e. The van der Waals surface area contributed by atoms with E-state index >= 15 is 0 Å². The number of aryl methyl sites for hydroxylation is 2. The molecule has 2 aromatic heterocycles. The van der Waals surface area contributed by atoms with Gasteiger partial charge in [0.05, 0.1) is 5.56 Å². The van der Waals surface area contributed by atoms with Gasteiger partial charge in [-0.3, -0.25) is 4.79 Å². The van der Waals surface area contributed by atoms with Crippen LogP contribution in [-0.4, -0.2) is 16.0 Å². The summed E-state index contributed by atoms with van der Waals surface area (Å²) in [4.78, 5) is 18.3. The van der Waals surface area contributed by atoms with Crippen molar-refractivity contribution in [1.29, 1.82) is 0 Å². The largest absolute Gasteiger partial charge is 0.334 e. The number of aromatic nitrogens is 2. The molecule has 2 heterocycles. The Bertz CT molecular complexity index is 788. The standard InChI is InChI=1S/C17H19N3O2S/c1-10-18-16(22-20-10)14-12-8-5-9-13(12)23-17(14)19-15(21)11-6-3-2-4-7-11/h6H,2-5,7-9H2,1H3,(H,19,21). The Morgan fingerprint density at radius 1 is 1.26 bits per heavy atom. The van der Waals surface area contributed by atoms with Gasteiger partial charge in [0.25, 0.3) is 11.8 Å². The zero-order valence-corrected chi connectivity index (χ0v) is 14.0. The second kappa shape index (κ2) is 5.92. The summed E-state index contributed by atoms with van der Waals surface area (Å²) >= 11 is 1.66. The molecule has 0 atom stereocenters. The molecule has 4 rings (SSSR count). The summed E-state index contributed by atoms with van der Waals surface area (Å²) in [5.74, 6) is 1.15. The first-order chi connectivity index (χ1) is 11.2. The Balaban J connectivity index is 1.68. The number of anilines is 1. The predicted octanol–water partition coefficient (Wildman–Crippen LogP) is 4.03. The van der Waals surface area contributed by atoms with Crippen LogP contribution in [0, 0.1) is 6.92 Å². The molecule has 120 valence electrons. The molecule has 0 radical (unpaired) electrons. The zero-order chi connectivity index (χ0) is 15.8. The van der Waals surface area contributed by atoms with Gasteiger partial charge in [0, 0.05) is 10.5 Å². The summed E-state index contributed by atoms with van der Waals surface area (Å²) in [5, 5.41) is 7.86. The van der Waals surface area contributed by atoms with E-state index in [9.17, 15) is 4.79 Å². The predicted molar refractivity (Wildman–Crippen MR) is 89.6 cm³/mol. The van der Waals surface area contributed by atoms with Crippen molar-refractivity contribution in [2.24, 2.45) is 0 Å².